The van der Waals surface area contributed by atoms with Gasteiger partial charge in [0.05, 0.1) is 4.90 Å². The molecular formula is C23H31N5O3S. The van der Waals surface area contributed by atoms with Crippen molar-refractivity contribution in [3.8, 4) is 0 Å². The first-order valence-corrected chi connectivity index (χ1v) is 13.3. The summed E-state index contributed by atoms with van der Waals surface area (Å²) in [4.78, 5) is 15.3. The molecule has 1 atom stereocenters. The summed E-state index contributed by atoms with van der Waals surface area (Å²) in [7, 11) is -3.47. The lowest BCUT2D eigenvalue weighted by atomic mass is 9.96. The molecule has 1 aromatic heterocycles. The van der Waals surface area contributed by atoms with Crippen molar-refractivity contribution in [3.05, 3.63) is 41.5 Å². The van der Waals surface area contributed by atoms with E-state index in [1.165, 1.54) is 10.7 Å². The van der Waals surface area contributed by atoms with Crippen LogP contribution in [0.4, 0.5) is 0 Å². The maximum atomic E-state index is 13.2. The number of carbonyl (C=O) groups is 1. The van der Waals surface area contributed by atoms with Gasteiger partial charge in [-0.25, -0.2) is 8.42 Å². The average Bonchev–Trinajstić information content (AvgIpc) is 3.45. The number of hydrogen-bond donors (Lipinski definition) is 0. The van der Waals surface area contributed by atoms with Crippen molar-refractivity contribution in [2.75, 3.05) is 26.2 Å². The monoisotopic (exact) mass is 457 g/mol. The topological polar surface area (TPSA) is 88.4 Å². The third-order valence-corrected chi connectivity index (χ3v) is 8.93. The van der Waals surface area contributed by atoms with Gasteiger partial charge in [-0.15, -0.1) is 10.2 Å². The van der Waals surface area contributed by atoms with Gasteiger partial charge in [0.1, 0.15) is 11.6 Å². The fourth-order valence-electron chi connectivity index (χ4n) is 5.21. The van der Waals surface area contributed by atoms with Crippen LogP contribution in [0.2, 0.25) is 0 Å². The van der Waals surface area contributed by atoms with Crippen LogP contribution in [0.3, 0.4) is 0 Å². The van der Waals surface area contributed by atoms with Gasteiger partial charge in [0, 0.05) is 50.6 Å². The van der Waals surface area contributed by atoms with Gasteiger partial charge < -0.3 is 9.47 Å². The third-order valence-electron chi connectivity index (χ3n) is 7.02. The van der Waals surface area contributed by atoms with Crippen LogP contribution in [0.15, 0.2) is 29.2 Å². The molecule has 1 unspecified atom stereocenters. The van der Waals surface area contributed by atoms with Crippen molar-refractivity contribution in [1.29, 1.82) is 0 Å². The van der Waals surface area contributed by atoms with E-state index in [4.69, 9.17) is 0 Å². The van der Waals surface area contributed by atoms with E-state index < -0.39 is 10.0 Å². The number of hydrogen-bond acceptors (Lipinski definition) is 5. The Bertz CT molecular complexity index is 1070. The predicted octanol–water partition coefficient (Wildman–Crippen LogP) is 2.81. The lowest BCUT2D eigenvalue weighted by Crippen LogP contribution is -2.39. The number of aromatic nitrogens is 3. The number of benzene rings is 1. The van der Waals surface area contributed by atoms with Gasteiger partial charge in [-0.1, -0.05) is 6.42 Å². The van der Waals surface area contributed by atoms with E-state index >= 15 is 0 Å². The third kappa shape index (κ3) is 4.08. The molecular weight excluding hydrogens is 426 g/mol. The van der Waals surface area contributed by atoms with Crippen LogP contribution in [0.5, 0.6) is 0 Å². The molecule has 9 heteroatoms. The molecule has 0 radical (unpaired) electrons. The molecule has 172 valence electrons. The summed E-state index contributed by atoms with van der Waals surface area (Å²) in [6.07, 6.45) is 8.27. The molecule has 0 N–H and O–H groups in total. The molecule has 0 aliphatic carbocycles. The Morgan fingerprint density at radius 1 is 0.875 bits per heavy atom. The van der Waals surface area contributed by atoms with Gasteiger partial charge in [-0.2, -0.15) is 4.31 Å². The summed E-state index contributed by atoms with van der Waals surface area (Å²) in [6, 6.07) is 6.44. The molecule has 32 heavy (non-hydrogen) atoms. The first-order valence-electron chi connectivity index (χ1n) is 11.9. The second-order valence-electron chi connectivity index (χ2n) is 9.16. The zero-order valence-electron chi connectivity index (χ0n) is 18.4. The van der Waals surface area contributed by atoms with Gasteiger partial charge in [0.15, 0.2) is 0 Å². The van der Waals surface area contributed by atoms with Gasteiger partial charge in [-0.3, -0.25) is 4.79 Å². The molecule has 1 aromatic carbocycles. The maximum absolute atomic E-state index is 13.2. The van der Waals surface area contributed by atoms with Gasteiger partial charge in [0.2, 0.25) is 10.0 Å². The van der Waals surface area contributed by atoms with Crippen LogP contribution in [0, 0.1) is 0 Å². The van der Waals surface area contributed by atoms with Crippen LogP contribution in [-0.2, 0) is 23.0 Å². The molecule has 0 bridgehead atoms. The largest absolute Gasteiger partial charge is 0.338 e. The summed E-state index contributed by atoms with van der Waals surface area (Å²) < 4.78 is 29.3. The number of aryl methyl sites for hydroxylation is 1. The Morgan fingerprint density at radius 2 is 1.62 bits per heavy atom. The Morgan fingerprint density at radius 3 is 2.41 bits per heavy atom. The molecule has 4 heterocycles. The van der Waals surface area contributed by atoms with E-state index in [0.29, 0.717) is 31.7 Å². The first-order chi connectivity index (χ1) is 15.5. The number of nitrogens with zero attached hydrogens (tertiary/aromatic N) is 5. The Balaban J connectivity index is 1.30. The number of amides is 1. The summed E-state index contributed by atoms with van der Waals surface area (Å²) in [5.74, 6) is 2.25. The number of rotatable bonds is 4. The molecule has 2 fully saturated rings. The quantitative estimate of drug-likeness (QED) is 0.704. The maximum Gasteiger partial charge on any atom is 0.253 e. The highest BCUT2D eigenvalue weighted by atomic mass is 32.2. The first kappa shape index (κ1) is 21.6. The number of fused-ring (bicyclic) bond motifs is 1. The highest BCUT2D eigenvalue weighted by Crippen LogP contribution is 2.29. The van der Waals surface area contributed by atoms with Crippen LogP contribution >= 0.6 is 0 Å². The SMILES string of the molecule is O=C(c1ccc(S(=O)(=O)N2CCCC2)cc1)N1CCCC(c2nnc3n2CCCCC3)C1. The van der Waals surface area contributed by atoms with Crippen LogP contribution in [-0.4, -0.2) is 64.5 Å². The fraction of sp³-hybridized carbons (Fsp3) is 0.609. The molecule has 0 saturated carbocycles. The van der Waals surface area contributed by atoms with Crippen molar-refractivity contribution < 1.29 is 13.2 Å². The number of piperidine rings is 1. The van der Waals surface area contributed by atoms with E-state index in [0.717, 1.165) is 63.1 Å². The lowest BCUT2D eigenvalue weighted by Gasteiger charge is -2.32. The summed E-state index contributed by atoms with van der Waals surface area (Å²) in [5, 5.41) is 8.94. The van der Waals surface area contributed by atoms with Crippen LogP contribution < -0.4 is 0 Å². The molecule has 2 aromatic rings. The molecule has 2 saturated heterocycles. The number of sulfonamides is 1. The van der Waals surface area contributed by atoms with Crippen molar-refractivity contribution in [3.63, 3.8) is 0 Å². The Kier molecular flexibility index (Phi) is 6.03. The second kappa shape index (κ2) is 8.94. The smallest absolute Gasteiger partial charge is 0.253 e. The lowest BCUT2D eigenvalue weighted by molar-refractivity contribution is 0.0703. The Labute approximate surface area is 189 Å². The van der Waals surface area contributed by atoms with E-state index in [1.54, 1.807) is 24.3 Å². The fourth-order valence-corrected chi connectivity index (χ4v) is 6.73. The van der Waals surface area contributed by atoms with E-state index in [1.807, 2.05) is 4.90 Å². The highest BCUT2D eigenvalue weighted by Gasteiger charge is 2.31. The van der Waals surface area contributed by atoms with E-state index in [2.05, 4.69) is 14.8 Å². The minimum Gasteiger partial charge on any atom is -0.338 e. The van der Waals surface area contributed by atoms with Gasteiger partial charge in [-0.05, 0) is 62.8 Å². The minimum atomic E-state index is -3.47. The minimum absolute atomic E-state index is 0.0459. The number of carbonyl (C=O) groups excluding carboxylic acids is 1. The molecule has 1 amide bonds. The van der Waals surface area contributed by atoms with Crippen molar-refractivity contribution >= 4 is 15.9 Å². The summed E-state index contributed by atoms with van der Waals surface area (Å²) in [6.45, 7) is 3.46. The molecule has 8 nitrogen and oxygen atoms in total. The van der Waals surface area contributed by atoms with Crippen LogP contribution in [0.1, 0.15) is 72.9 Å². The molecule has 3 aliphatic heterocycles. The average molecular weight is 458 g/mol. The Hall–Kier alpha value is -2.26. The summed E-state index contributed by atoms with van der Waals surface area (Å²) in [5.41, 5.74) is 0.533. The van der Waals surface area contributed by atoms with Gasteiger partial charge in [0.25, 0.3) is 5.91 Å². The summed E-state index contributed by atoms with van der Waals surface area (Å²) >= 11 is 0. The van der Waals surface area contributed by atoms with Gasteiger partial charge >= 0.3 is 0 Å². The van der Waals surface area contributed by atoms with E-state index in [-0.39, 0.29) is 16.7 Å². The number of likely N-dealkylation sites (tertiary alicyclic amines) is 1. The zero-order valence-corrected chi connectivity index (χ0v) is 19.3. The molecule has 3 aliphatic rings. The molecule has 5 rings (SSSR count). The predicted molar refractivity (Wildman–Crippen MR) is 120 cm³/mol. The van der Waals surface area contributed by atoms with Crippen molar-refractivity contribution in [2.45, 2.75) is 68.7 Å². The normalized spacial score (nSPS) is 22.5. The van der Waals surface area contributed by atoms with Crippen molar-refractivity contribution in [2.24, 2.45) is 0 Å². The van der Waals surface area contributed by atoms with E-state index in [9.17, 15) is 13.2 Å². The second-order valence-corrected chi connectivity index (χ2v) is 11.1. The van der Waals surface area contributed by atoms with Crippen molar-refractivity contribution in [1.82, 2.24) is 24.0 Å². The standard InChI is InChI=1S/C23H31N5O3S/c29-23(18-9-11-20(12-10-18)32(30,31)27-14-4-5-15-27)26-13-6-7-19(17-26)22-25-24-21-8-2-1-3-16-28(21)22/h9-12,19H,1-8,13-17H2. The zero-order chi connectivity index (χ0) is 22.1. The van der Waals surface area contributed by atoms with Crippen LogP contribution in [0.25, 0.3) is 0 Å². The highest BCUT2D eigenvalue weighted by molar-refractivity contribution is 7.89. The molecule has 0 spiro atoms.